The summed E-state index contributed by atoms with van der Waals surface area (Å²) >= 11 is 0. The van der Waals surface area contributed by atoms with Crippen LogP contribution < -0.4 is 21.3 Å². The van der Waals surface area contributed by atoms with E-state index in [1.165, 1.54) is 35.4 Å². The van der Waals surface area contributed by atoms with E-state index in [0.717, 1.165) is 10.8 Å². The number of nitrogens with zero attached hydrogens (tertiary/aromatic N) is 3. The van der Waals surface area contributed by atoms with E-state index in [1.807, 2.05) is 0 Å². The molecule has 3 rings (SSSR count). The molecule has 28 heavy (non-hydrogen) atoms. The first-order valence-electron chi connectivity index (χ1n) is 8.19. The molecule has 0 aliphatic heterocycles. The molecular formula is C17H19N5O5S. The zero-order valence-electron chi connectivity index (χ0n) is 15.5. The molecule has 0 spiro atoms. The largest absolute Gasteiger partial charge is 0.332 e. The fraction of sp³-hybridized carbons (Fsp3) is 0.235. The Morgan fingerprint density at radius 2 is 1.61 bits per heavy atom. The first-order valence-corrected chi connectivity index (χ1v) is 10.1. The van der Waals surface area contributed by atoms with Crippen molar-refractivity contribution in [1.82, 2.24) is 13.7 Å². The number of benzene rings is 1. The molecule has 0 radical (unpaired) electrons. The third kappa shape index (κ3) is 3.83. The van der Waals surface area contributed by atoms with Gasteiger partial charge in [-0.05, 0) is 30.3 Å². The summed E-state index contributed by atoms with van der Waals surface area (Å²) in [6, 6.07) is 7.73. The van der Waals surface area contributed by atoms with Crippen LogP contribution >= 0.6 is 0 Å². The number of sulfonamides is 1. The minimum absolute atomic E-state index is 0.104. The number of carbonyl (C=O) groups excluding carboxylic acids is 1. The Morgan fingerprint density at radius 1 is 1.00 bits per heavy atom. The minimum atomic E-state index is -3.38. The smallest absolute Gasteiger partial charge is 0.325 e. The molecule has 0 saturated carbocycles. The molecule has 1 aromatic carbocycles. The second-order valence-electron chi connectivity index (χ2n) is 6.39. The molecule has 0 unspecified atom stereocenters. The maximum absolute atomic E-state index is 12.4. The van der Waals surface area contributed by atoms with Crippen molar-refractivity contribution in [1.29, 1.82) is 0 Å². The van der Waals surface area contributed by atoms with Gasteiger partial charge in [0.25, 0.3) is 5.56 Å². The van der Waals surface area contributed by atoms with Crippen molar-refractivity contribution in [3.63, 3.8) is 0 Å². The van der Waals surface area contributed by atoms with Gasteiger partial charge in [0.1, 0.15) is 12.2 Å². The van der Waals surface area contributed by atoms with Crippen molar-refractivity contribution in [2.24, 2.45) is 14.1 Å². The number of carbonyl (C=O) groups is 1. The zero-order chi connectivity index (χ0) is 20.6. The molecular weight excluding hydrogens is 386 g/mol. The predicted octanol–water partition coefficient (Wildman–Crippen LogP) is 0.0489. The van der Waals surface area contributed by atoms with Crippen LogP contribution in [0.5, 0.6) is 0 Å². The van der Waals surface area contributed by atoms with Gasteiger partial charge in [-0.25, -0.2) is 13.2 Å². The number of hydrogen-bond acceptors (Lipinski definition) is 5. The number of rotatable bonds is 5. The normalized spacial score (nSPS) is 11.5. The van der Waals surface area contributed by atoms with Crippen LogP contribution in [0, 0.1) is 0 Å². The summed E-state index contributed by atoms with van der Waals surface area (Å²) < 4.78 is 28.6. The Labute approximate surface area is 160 Å². The molecule has 2 aromatic heterocycles. The Bertz CT molecular complexity index is 1280. The number of aromatic nitrogens is 3. The molecule has 0 saturated heterocycles. The number of fused-ring (bicyclic) bond motifs is 1. The van der Waals surface area contributed by atoms with Gasteiger partial charge in [0.05, 0.1) is 11.6 Å². The summed E-state index contributed by atoms with van der Waals surface area (Å²) in [6.07, 6.45) is 2.62. The van der Waals surface area contributed by atoms with Crippen LogP contribution in [0.2, 0.25) is 0 Å². The van der Waals surface area contributed by atoms with E-state index in [1.54, 1.807) is 24.4 Å². The van der Waals surface area contributed by atoms with Crippen molar-refractivity contribution >= 4 is 38.3 Å². The van der Waals surface area contributed by atoms with Gasteiger partial charge in [-0.2, -0.15) is 0 Å². The monoisotopic (exact) mass is 405 g/mol. The number of anilines is 2. The lowest BCUT2D eigenvalue weighted by molar-refractivity contribution is -0.116. The molecule has 0 fully saturated rings. The molecule has 10 nitrogen and oxygen atoms in total. The fourth-order valence-electron chi connectivity index (χ4n) is 2.91. The number of hydrogen-bond donors (Lipinski definition) is 2. The van der Waals surface area contributed by atoms with Gasteiger partial charge in [-0.1, -0.05) is 0 Å². The average Bonchev–Trinajstić information content (AvgIpc) is 3.02. The van der Waals surface area contributed by atoms with Gasteiger partial charge in [0.15, 0.2) is 0 Å². The van der Waals surface area contributed by atoms with Crippen molar-refractivity contribution in [2.75, 3.05) is 16.3 Å². The SMILES string of the molecule is Cn1c(=O)c2ccn(CC(=O)Nc3ccc(NS(C)(=O)=O)cc3)c2n(C)c1=O. The van der Waals surface area contributed by atoms with E-state index >= 15 is 0 Å². The highest BCUT2D eigenvalue weighted by Gasteiger charge is 2.14. The van der Waals surface area contributed by atoms with Crippen LogP contribution in [0.3, 0.4) is 0 Å². The lowest BCUT2D eigenvalue weighted by Gasteiger charge is -2.11. The van der Waals surface area contributed by atoms with E-state index in [4.69, 9.17) is 0 Å². The van der Waals surface area contributed by atoms with Gasteiger partial charge in [-0.3, -0.25) is 23.4 Å². The van der Waals surface area contributed by atoms with E-state index in [9.17, 15) is 22.8 Å². The lowest BCUT2D eigenvalue weighted by Crippen LogP contribution is -2.37. The van der Waals surface area contributed by atoms with Gasteiger partial charge >= 0.3 is 5.69 Å². The highest BCUT2D eigenvalue weighted by Crippen LogP contribution is 2.15. The van der Waals surface area contributed by atoms with E-state index < -0.39 is 21.3 Å². The van der Waals surface area contributed by atoms with Gasteiger partial charge in [-0.15, -0.1) is 0 Å². The molecule has 2 heterocycles. The van der Waals surface area contributed by atoms with E-state index in [2.05, 4.69) is 10.0 Å². The Balaban J connectivity index is 1.81. The molecule has 0 aliphatic carbocycles. The van der Waals surface area contributed by atoms with Gasteiger partial charge in [0.2, 0.25) is 15.9 Å². The molecule has 3 aromatic rings. The summed E-state index contributed by atoms with van der Waals surface area (Å²) in [4.78, 5) is 36.7. The summed E-state index contributed by atoms with van der Waals surface area (Å²) in [6.45, 7) is -0.104. The van der Waals surface area contributed by atoms with Crippen LogP contribution in [-0.2, 0) is 35.5 Å². The van der Waals surface area contributed by atoms with Gasteiger partial charge in [0, 0.05) is 31.7 Å². The second kappa shape index (κ2) is 7.00. The van der Waals surface area contributed by atoms with Crippen molar-refractivity contribution in [2.45, 2.75) is 6.54 Å². The van der Waals surface area contributed by atoms with Crippen molar-refractivity contribution < 1.29 is 13.2 Å². The number of nitrogens with one attached hydrogen (secondary N) is 2. The molecule has 0 bridgehead atoms. The zero-order valence-corrected chi connectivity index (χ0v) is 16.3. The maximum Gasteiger partial charge on any atom is 0.332 e. The van der Waals surface area contributed by atoms with E-state index in [0.29, 0.717) is 22.4 Å². The topological polar surface area (TPSA) is 124 Å². The number of aryl methyl sites for hydroxylation is 1. The van der Waals surface area contributed by atoms with Crippen LogP contribution in [0.15, 0.2) is 46.1 Å². The Kier molecular flexibility index (Phi) is 4.86. The van der Waals surface area contributed by atoms with Crippen LogP contribution in [0.25, 0.3) is 11.0 Å². The molecule has 11 heteroatoms. The third-order valence-corrected chi connectivity index (χ3v) is 4.75. The highest BCUT2D eigenvalue weighted by atomic mass is 32.2. The molecule has 1 amide bonds. The predicted molar refractivity (Wildman–Crippen MR) is 106 cm³/mol. The molecule has 148 valence electrons. The standard InChI is InChI=1S/C17H19N5O5S/c1-20-15-13(16(24)21(2)17(20)25)8-9-22(15)10-14(23)18-11-4-6-12(7-5-11)19-28(3,26)27/h4-9,19H,10H2,1-3H3,(H,18,23). The summed E-state index contributed by atoms with van der Waals surface area (Å²) in [7, 11) is -0.445. The quantitative estimate of drug-likeness (QED) is 0.621. The Hall–Kier alpha value is -3.34. The first kappa shape index (κ1) is 19.4. The van der Waals surface area contributed by atoms with Crippen LogP contribution in [0.1, 0.15) is 0 Å². The average molecular weight is 405 g/mol. The third-order valence-electron chi connectivity index (χ3n) is 4.15. The summed E-state index contributed by atoms with van der Waals surface area (Å²) in [5.74, 6) is -0.366. The molecule has 0 atom stereocenters. The lowest BCUT2D eigenvalue weighted by atomic mass is 10.3. The minimum Gasteiger partial charge on any atom is -0.325 e. The van der Waals surface area contributed by atoms with E-state index in [-0.39, 0.29) is 12.5 Å². The molecule has 2 N–H and O–H groups in total. The molecule has 0 aliphatic rings. The maximum atomic E-state index is 12.4. The summed E-state index contributed by atoms with van der Waals surface area (Å²) in [5.41, 5.74) is 0.307. The van der Waals surface area contributed by atoms with Crippen molar-refractivity contribution in [3.05, 3.63) is 57.4 Å². The van der Waals surface area contributed by atoms with Crippen molar-refractivity contribution in [3.8, 4) is 0 Å². The number of amides is 1. The highest BCUT2D eigenvalue weighted by molar-refractivity contribution is 7.92. The van der Waals surface area contributed by atoms with Crippen LogP contribution in [0.4, 0.5) is 11.4 Å². The Morgan fingerprint density at radius 3 is 2.21 bits per heavy atom. The second-order valence-corrected chi connectivity index (χ2v) is 8.13. The first-order chi connectivity index (χ1) is 13.1. The fourth-order valence-corrected chi connectivity index (χ4v) is 3.47. The van der Waals surface area contributed by atoms with Gasteiger partial charge < -0.3 is 9.88 Å². The summed E-state index contributed by atoms with van der Waals surface area (Å²) in [5, 5.41) is 3.03. The van der Waals surface area contributed by atoms with Crippen LogP contribution in [-0.4, -0.2) is 34.3 Å².